The molecular weight excluding hydrogens is 320 g/mol. The number of nitrogens with one attached hydrogen (secondary N) is 1. The highest BCUT2D eigenvalue weighted by Gasteiger charge is 2.33. The molecule has 20 heavy (non-hydrogen) atoms. The maximum atomic E-state index is 12.0. The summed E-state index contributed by atoms with van der Waals surface area (Å²) in [6, 6.07) is 4.80. The third-order valence-electron chi connectivity index (χ3n) is 3.11. The maximum absolute atomic E-state index is 12.0. The molecule has 5 nitrogen and oxygen atoms in total. The zero-order valence-electron chi connectivity index (χ0n) is 10.4. The third-order valence-corrected chi connectivity index (χ3v) is 5.43. The molecule has 3 N–H and O–H groups in total. The summed E-state index contributed by atoms with van der Waals surface area (Å²) in [6.45, 7) is 0. The highest BCUT2D eigenvalue weighted by atomic mass is 35.5. The molecule has 2 rings (SSSR count). The average Bonchev–Trinajstić information content (AvgIpc) is 2.72. The van der Waals surface area contributed by atoms with Crippen LogP contribution in [0.2, 0.25) is 5.02 Å². The third kappa shape index (κ3) is 3.47. The van der Waals surface area contributed by atoms with Crippen LogP contribution in [0, 0.1) is 5.92 Å². The zero-order valence-corrected chi connectivity index (χ0v) is 12.8. The number of carbonyl (C=O) groups excluding carboxylic acids is 1. The second-order valence-electron chi connectivity index (χ2n) is 4.65. The maximum Gasteiger partial charge on any atom is 0.228 e. The van der Waals surface area contributed by atoms with Gasteiger partial charge in [0.1, 0.15) is 4.99 Å². The van der Waals surface area contributed by atoms with Gasteiger partial charge in [0.05, 0.1) is 28.1 Å². The van der Waals surface area contributed by atoms with E-state index >= 15 is 0 Å². The van der Waals surface area contributed by atoms with Crippen LogP contribution in [0.5, 0.6) is 0 Å². The molecule has 1 aromatic rings. The Morgan fingerprint density at radius 3 is 2.65 bits per heavy atom. The summed E-state index contributed by atoms with van der Waals surface area (Å²) in [6.07, 6.45) is 0.344. The van der Waals surface area contributed by atoms with Crippen molar-refractivity contribution in [3.8, 4) is 0 Å². The number of rotatable bonds is 3. The Bertz CT molecular complexity index is 673. The monoisotopic (exact) mass is 332 g/mol. The number of benzene rings is 1. The van der Waals surface area contributed by atoms with Gasteiger partial charge in [0.15, 0.2) is 9.84 Å². The van der Waals surface area contributed by atoms with E-state index in [0.717, 1.165) is 0 Å². The van der Waals surface area contributed by atoms with E-state index in [2.05, 4.69) is 5.32 Å². The van der Waals surface area contributed by atoms with E-state index in [1.54, 1.807) is 18.2 Å². The number of halogens is 1. The van der Waals surface area contributed by atoms with E-state index in [4.69, 9.17) is 29.6 Å². The van der Waals surface area contributed by atoms with Gasteiger partial charge in [-0.15, -0.1) is 0 Å². The molecule has 108 valence electrons. The van der Waals surface area contributed by atoms with Crippen LogP contribution in [-0.2, 0) is 14.6 Å². The molecule has 1 fully saturated rings. The van der Waals surface area contributed by atoms with Crippen LogP contribution >= 0.6 is 23.8 Å². The van der Waals surface area contributed by atoms with Crippen molar-refractivity contribution >= 4 is 50.2 Å². The second kappa shape index (κ2) is 5.67. The normalized spacial score (nSPS) is 20.6. The van der Waals surface area contributed by atoms with E-state index in [1.807, 2.05) is 0 Å². The number of hydrogen-bond donors (Lipinski definition) is 2. The number of carbonyl (C=O) groups is 1. The smallest absolute Gasteiger partial charge is 0.228 e. The first kappa shape index (κ1) is 15.2. The van der Waals surface area contributed by atoms with Crippen LogP contribution < -0.4 is 11.1 Å². The number of amides is 1. The minimum Gasteiger partial charge on any atom is -0.389 e. The topological polar surface area (TPSA) is 89.3 Å². The quantitative estimate of drug-likeness (QED) is 0.815. The fourth-order valence-electron chi connectivity index (χ4n) is 2.01. The van der Waals surface area contributed by atoms with Crippen molar-refractivity contribution in [2.45, 2.75) is 6.42 Å². The number of anilines is 1. The van der Waals surface area contributed by atoms with Gasteiger partial charge in [-0.1, -0.05) is 23.8 Å². The van der Waals surface area contributed by atoms with Gasteiger partial charge in [-0.2, -0.15) is 0 Å². The van der Waals surface area contributed by atoms with Gasteiger partial charge in [-0.3, -0.25) is 4.79 Å². The Morgan fingerprint density at radius 2 is 2.15 bits per heavy atom. The molecule has 1 aliphatic rings. The van der Waals surface area contributed by atoms with Crippen LogP contribution in [0.1, 0.15) is 12.0 Å². The number of thiocarbonyl (C=S) groups is 1. The summed E-state index contributed by atoms with van der Waals surface area (Å²) in [5.41, 5.74) is 6.50. The fourth-order valence-corrected chi connectivity index (χ4v) is 4.10. The van der Waals surface area contributed by atoms with Gasteiger partial charge in [-0.05, 0) is 24.6 Å². The van der Waals surface area contributed by atoms with Crippen molar-refractivity contribution < 1.29 is 13.2 Å². The molecule has 1 heterocycles. The summed E-state index contributed by atoms with van der Waals surface area (Å²) in [5, 5.41) is 2.95. The van der Waals surface area contributed by atoms with Gasteiger partial charge in [0, 0.05) is 5.56 Å². The molecule has 1 amide bonds. The lowest BCUT2D eigenvalue weighted by Crippen LogP contribution is -2.24. The summed E-state index contributed by atoms with van der Waals surface area (Å²) in [4.78, 5) is 12.2. The molecule has 0 aromatic heterocycles. The molecule has 1 atom stereocenters. The first-order valence-corrected chi connectivity index (χ1v) is 8.50. The molecule has 1 aromatic carbocycles. The highest BCUT2D eigenvalue weighted by molar-refractivity contribution is 7.91. The van der Waals surface area contributed by atoms with Gasteiger partial charge in [-0.25, -0.2) is 8.42 Å². The van der Waals surface area contributed by atoms with Gasteiger partial charge >= 0.3 is 0 Å². The number of sulfone groups is 1. The molecular formula is C12H13ClN2O3S2. The van der Waals surface area contributed by atoms with E-state index in [0.29, 0.717) is 22.7 Å². The Morgan fingerprint density at radius 1 is 1.45 bits per heavy atom. The summed E-state index contributed by atoms with van der Waals surface area (Å²) >= 11 is 10.9. The Hall–Kier alpha value is -1.18. The van der Waals surface area contributed by atoms with Gasteiger partial charge < -0.3 is 11.1 Å². The van der Waals surface area contributed by atoms with Crippen molar-refractivity contribution in [2.24, 2.45) is 11.7 Å². The molecule has 0 bridgehead atoms. The minimum absolute atomic E-state index is 0.0548. The molecule has 8 heteroatoms. The number of hydrogen-bond acceptors (Lipinski definition) is 4. The lowest BCUT2D eigenvalue weighted by molar-refractivity contribution is -0.119. The van der Waals surface area contributed by atoms with Crippen LogP contribution in [0.3, 0.4) is 0 Å². The summed E-state index contributed by atoms with van der Waals surface area (Å²) < 4.78 is 22.7. The zero-order chi connectivity index (χ0) is 14.9. The van der Waals surface area contributed by atoms with Crippen molar-refractivity contribution in [1.82, 2.24) is 0 Å². The van der Waals surface area contributed by atoms with Crippen LogP contribution in [0.25, 0.3) is 0 Å². The number of nitrogens with two attached hydrogens (primary N) is 1. The van der Waals surface area contributed by atoms with E-state index in [1.165, 1.54) is 0 Å². The first-order valence-electron chi connectivity index (χ1n) is 5.89. The van der Waals surface area contributed by atoms with Gasteiger partial charge in [0.2, 0.25) is 5.91 Å². The molecule has 1 aliphatic heterocycles. The van der Waals surface area contributed by atoms with Crippen molar-refractivity contribution in [3.05, 3.63) is 28.8 Å². The molecule has 1 unspecified atom stereocenters. The molecule has 0 saturated carbocycles. The molecule has 0 aliphatic carbocycles. The van der Waals surface area contributed by atoms with Crippen molar-refractivity contribution in [2.75, 3.05) is 16.8 Å². The lowest BCUT2D eigenvalue weighted by atomic mass is 10.1. The van der Waals surface area contributed by atoms with Crippen molar-refractivity contribution in [1.29, 1.82) is 0 Å². The Balaban J connectivity index is 2.11. The molecule has 1 saturated heterocycles. The summed E-state index contributed by atoms with van der Waals surface area (Å²) in [5.74, 6) is -0.914. The van der Waals surface area contributed by atoms with E-state index < -0.39 is 15.8 Å². The van der Waals surface area contributed by atoms with Crippen LogP contribution in [-0.4, -0.2) is 30.8 Å². The predicted molar refractivity (Wildman–Crippen MR) is 82.7 cm³/mol. The summed E-state index contributed by atoms with van der Waals surface area (Å²) in [7, 11) is -3.09. The Labute approximate surface area is 127 Å². The standard InChI is InChI=1S/C12H13ClN2O3S2/c13-9-5-7(11(14)19)1-2-10(9)15-12(16)8-3-4-20(17,18)6-8/h1-2,5,8H,3-4,6H2,(H2,14,19)(H,15,16). The SMILES string of the molecule is NC(=S)c1ccc(NC(=O)C2CCS(=O)(=O)C2)c(Cl)c1. The predicted octanol–water partition coefficient (Wildman–Crippen LogP) is 1.35. The fraction of sp³-hybridized carbons (Fsp3) is 0.333. The molecule has 0 spiro atoms. The van der Waals surface area contributed by atoms with Crippen LogP contribution in [0.4, 0.5) is 5.69 Å². The van der Waals surface area contributed by atoms with Gasteiger partial charge in [0.25, 0.3) is 0 Å². The largest absolute Gasteiger partial charge is 0.389 e. The van der Waals surface area contributed by atoms with E-state index in [-0.39, 0.29) is 22.4 Å². The second-order valence-corrected chi connectivity index (χ2v) is 7.72. The van der Waals surface area contributed by atoms with E-state index in [9.17, 15) is 13.2 Å². The lowest BCUT2D eigenvalue weighted by Gasteiger charge is -2.11. The minimum atomic E-state index is -3.09. The first-order chi connectivity index (χ1) is 9.28. The average molecular weight is 333 g/mol. The highest BCUT2D eigenvalue weighted by Crippen LogP contribution is 2.25. The van der Waals surface area contributed by atoms with Crippen molar-refractivity contribution in [3.63, 3.8) is 0 Å². The Kier molecular flexibility index (Phi) is 4.31. The molecule has 0 radical (unpaired) electrons. The van der Waals surface area contributed by atoms with Crippen LogP contribution in [0.15, 0.2) is 18.2 Å².